The van der Waals surface area contributed by atoms with E-state index in [-0.39, 0.29) is 6.61 Å². The van der Waals surface area contributed by atoms with Crippen molar-refractivity contribution in [1.82, 2.24) is 14.7 Å². The van der Waals surface area contributed by atoms with Crippen molar-refractivity contribution in [3.05, 3.63) is 52.3 Å². The summed E-state index contributed by atoms with van der Waals surface area (Å²) in [4.78, 5) is 13.7. The maximum Gasteiger partial charge on any atom is 0.252 e. The highest BCUT2D eigenvalue weighted by Crippen LogP contribution is 2.22. The van der Waals surface area contributed by atoms with Crippen LogP contribution in [0, 0.1) is 0 Å². The van der Waals surface area contributed by atoms with Gasteiger partial charge in [0.2, 0.25) is 0 Å². The van der Waals surface area contributed by atoms with E-state index in [1.807, 2.05) is 0 Å². The van der Waals surface area contributed by atoms with Crippen molar-refractivity contribution in [2.45, 2.75) is 26.2 Å². The number of primary amides is 1. The molecule has 1 aromatic carbocycles. The van der Waals surface area contributed by atoms with Crippen LogP contribution in [0.4, 0.5) is 0 Å². The first-order valence-corrected chi connectivity index (χ1v) is 7.21. The van der Waals surface area contributed by atoms with Gasteiger partial charge in [-0.15, -0.1) is 0 Å². The van der Waals surface area contributed by atoms with Crippen LogP contribution in [0.15, 0.2) is 24.4 Å². The summed E-state index contributed by atoms with van der Waals surface area (Å²) in [7, 11) is 3.68. The van der Waals surface area contributed by atoms with Crippen molar-refractivity contribution in [3.63, 3.8) is 0 Å². The predicted octanol–water partition coefficient (Wildman–Crippen LogP) is 1.12. The maximum atomic E-state index is 11.5. The standard InChI is InChI=1S/C16H20N4O2/c1-19-7-12-4-3-11(5-13(12)8-19)6-20-9-14(16(17)21)15(18-20)10-22-2/h3-5,9H,6-8,10H2,1-2H3,(H2,17,21). The van der Waals surface area contributed by atoms with Crippen LogP contribution < -0.4 is 5.73 Å². The molecule has 0 saturated heterocycles. The van der Waals surface area contributed by atoms with E-state index in [1.54, 1.807) is 18.0 Å². The normalized spacial score (nSPS) is 14.3. The summed E-state index contributed by atoms with van der Waals surface area (Å²) in [6, 6.07) is 6.49. The van der Waals surface area contributed by atoms with Gasteiger partial charge < -0.3 is 10.5 Å². The average molecular weight is 300 g/mol. The van der Waals surface area contributed by atoms with Gasteiger partial charge in [0, 0.05) is 26.4 Å². The fourth-order valence-corrected chi connectivity index (χ4v) is 2.90. The minimum Gasteiger partial charge on any atom is -0.378 e. The molecule has 3 rings (SSSR count). The molecule has 1 aliphatic heterocycles. The molecule has 2 N–H and O–H groups in total. The molecule has 0 fully saturated rings. The minimum absolute atomic E-state index is 0.278. The number of carbonyl (C=O) groups excluding carboxylic acids is 1. The van der Waals surface area contributed by atoms with E-state index < -0.39 is 5.91 Å². The zero-order chi connectivity index (χ0) is 15.7. The van der Waals surface area contributed by atoms with Crippen LogP contribution in [0.25, 0.3) is 0 Å². The van der Waals surface area contributed by atoms with E-state index in [0.29, 0.717) is 17.8 Å². The van der Waals surface area contributed by atoms with E-state index in [4.69, 9.17) is 10.5 Å². The fourth-order valence-electron chi connectivity index (χ4n) is 2.90. The Kier molecular flexibility index (Phi) is 3.96. The number of nitrogens with zero attached hydrogens (tertiary/aromatic N) is 3. The number of hydrogen-bond donors (Lipinski definition) is 1. The molecule has 22 heavy (non-hydrogen) atoms. The van der Waals surface area contributed by atoms with Crippen LogP contribution in [-0.2, 0) is 31.0 Å². The predicted molar refractivity (Wildman–Crippen MR) is 82.2 cm³/mol. The summed E-state index contributed by atoms with van der Waals surface area (Å²) >= 11 is 0. The van der Waals surface area contributed by atoms with Gasteiger partial charge >= 0.3 is 0 Å². The Hall–Kier alpha value is -2.18. The first-order valence-electron chi connectivity index (χ1n) is 7.21. The van der Waals surface area contributed by atoms with Crippen LogP contribution >= 0.6 is 0 Å². The highest BCUT2D eigenvalue weighted by Gasteiger charge is 2.17. The molecule has 0 radical (unpaired) electrons. The number of carbonyl (C=O) groups is 1. The second kappa shape index (κ2) is 5.90. The fraction of sp³-hybridized carbons (Fsp3) is 0.375. The lowest BCUT2D eigenvalue weighted by atomic mass is 10.1. The largest absolute Gasteiger partial charge is 0.378 e. The van der Waals surface area contributed by atoms with Crippen molar-refractivity contribution >= 4 is 5.91 Å². The molecule has 0 spiro atoms. The number of fused-ring (bicyclic) bond motifs is 1. The second-order valence-corrected chi connectivity index (χ2v) is 5.76. The average Bonchev–Trinajstić information content (AvgIpc) is 3.01. The molecular weight excluding hydrogens is 280 g/mol. The first-order chi connectivity index (χ1) is 10.6. The van der Waals surface area contributed by atoms with Crippen LogP contribution in [0.5, 0.6) is 0 Å². The Morgan fingerprint density at radius 2 is 2.14 bits per heavy atom. The van der Waals surface area contributed by atoms with Gasteiger partial charge in [0.1, 0.15) is 5.69 Å². The Labute approximate surface area is 129 Å². The highest BCUT2D eigenvalue weighted by atomic mass is 16.5. The van der Waals surface area contributed by atoms with E-state index in [9.17, 15) is 4.79 Å². The van der Waals surface area contributed by atoms with Crippen LogP contribution in [0.1, 0.15) is 32.7 Å². The summed E-state index contributed by atoms with van der Waals surface area (Å²) < 4.78 is 6.81. The highest BCUT2D eigenvalue weighted by molar-refractivity contribution is 5.93. The number of rotatable bonds is 5. The van der Waals surface area contributed by atoms with Crippen molar-refractivity contribution in [2.24, 2.45) is 5.73 Å². The molecule has 2 aromatic rings. The first kappa shape index (κ1) is 14.7. The molecule has 1 aliphatic rings. The summed E-state index contributed by atoms with van der Waals surface area (Å²) in [6.45, 7) is 2.87. The van der Waals surface area contributed by atoms with Gasteiger partial charge in [-0.25, -0.2) is 0 Å². The number of ether oxygens (including phenoxy) is 1. The van der Waals surface area contributed by atoms with Crippen molar-refractivity contribution < 1.29 is 9.53 Å². The third kappa shape index (κ3) is 2.88. The third-order valence-electron chi connectivity index (χ3n) is 3.88. The molecule has 0 aliphatic carbocycles. The summed E-state index contributed by atoms with van der Waals surface area (Å²) in [5.41, 5.74) is 10.3. The molecule has 6 nitrogen and oxygen atoms in total. The second-order valence-electron chi connectivity index (χ2n) is 5.76. The van der Waals surface area contributed by atoms with Crippen LogP contribution in [0.2, 0.25) is 0 Å². The Balaban J connectivity index is 1.83. The monoisotopic (exact) mass is 300 g/mol. The molecule has 0 saturated carbocycles. The van der Waals surface area contributed by atoms with Gasteiger partial charge in [-0.1, -0.05) is 18.2 Å². The molecule has 0 unspecified atom stereocenters. The van der Waals surface area contributed by atoms with Crippen molar-refractivity contribution in [3.8, 4) is 0 Å². The van der Waals surface area contributed by atoms with Crippen LogP contribution in [-0.4, -0.2) is 34.7 Å². The van der Waals surface area contributed by atoms with Gasteiger partial charge in [0.05, 0.1) is 18.7 Å². The molecule has 0 bridgehead atoms. The number of hydrogen-bond acceptors (Lipinski definition) is 4. The SMILES string of the molecule is COCc1nn(Cc2ccc3c(c2)CN(C)C3)cc1C(N)=O. The van der Waals surface area contributed by atoms with Gasteiger partial charge in [0.15, 0.2) is 0 Å². The molecule has 2 heterocycles. The Morgan fingerprint density at radius 3 is 2.86 bits per heavy atom. The molecule has 1 aromatic heterocycles. The summed E-state index contributed by atoms with van der Waals surface area (Å²) in [5, 5.41) is 4.41. The van der Waals surface area contributed by atoms with E-state index in [0.717, 1.165) is 18.7 Å². The molecular formula is C16H20N4O2. The molecule has 6 heteroatoms. The number of aromatic nitrogens is 2. The Morgan fingerprint density at radius 1 is 1.36 bits per heavy atom. The molecule has 116 valence electrons. The number of nitrogens with two attached hydrogens (primary N) is 1. The van der Waals surface area contributed by atoms with E-state index >= 15 is 0 Å². The van der Waals surface area contributed by atoms with Gasteiger partial charge in [0.25, 0.3) is 5.91 Å². The molecule has 0 atom stereocenters. The lowest BCUT2D eigenvalue weighted by Gasteiger charge is -2.05. The zero-order valence-electron chi connectivity index (χ0n) is 12.9. The number of methoxy groups -OCH3 is 1. The lowest BCUT2D eigenvalue weighted by Crippen LogP contribution is -2.12. The summed E-state index contributed by atoms with van der Waals surface area (Å²) in [6.07, 6.45) is 1.69. The van der Waals surface area contributed by atoms with Gasteiger partial charge in [-0.3, -0.25) is 14.4 Å². The topological polar surface area (TPSA) is 73.4 Å². The van der Waals surface area contributed by atoms with Gasteiger partial charge in [-0.2, -0.15) is 5.10 Å². The van der Waals surface area contributed by atoms with Crippen molar-refractivity contribution in [2.75, 3.05) is 14.2 Å². The molecule has 1 amide bonds. The minimum atomic E-state index is -0.478. The number of amides is 1. The van der Waals surface area contributed by atoms with E-state index in [2.05, 4.69) is 35.2 Å². The van der Waals surface area contributed by atoms with Crippen LogP contribution in [0.3, 0.4) is 0 Å². The maximum absolute atomic E-state index is 11.5. The smallest absolute Gasteiger partial charge is 0.252 e. The Bertz CT molecular complexity index is 708. The summed E-state index contributed by atoms with van der Waals surface area (Å²) in [5.74, 6) is -0.478. The number of benzene rings is 1. The van der Waals surface area contributed by atoms with Gasteiger partial charge in [-0.05, 0) is 23.7 Å². The zero-order valence-corrected chi connectivity index (χ0v) is 12.9. The third-order valence-corrected chi connectivity index (χ3v) is 3.88. The van der Waals surface area contributed by atoms with Crippen molar-refractivity contribution in [1.29, 1.82) is 0 Å². The lowest BCUT2D eigenvalue weighted by molar-refractivity contribution is 0.0995. The quantitative estimate of drug-likeness (QED) is 0.898. The van der Waals surface area contributed by atoms with E-state index in [1.165, 1.54) is 11.1 Å².